The first-order valence-electron chi connectivity index (χ1n) is 11.1. The van der Waals surface area contributed by atoms with Gasteiger partial charge in [-0.25, -0.2) is 0 Å². The minimum atomic E-state index is -0.877. The zero-order valence-corrected chi connectivity index (χ0v) is 19.9. The van der Waals surface area contributed by atoms with E-state index in [9.17, 15) is 9.59 Å². The smallest absolute Gasteiger partial charge is 0.303 e. The van der Waals surface area contributed by atoms with Gasteiger partial charge < -0.3 is 9.67 Å². The Morgan fingerprint density at radius 3 is 2.19 bits per heavy atom. The van der Waals surface area contributed by atoms with Crippen LogP contribution in [0, 0.1) is 0 Å². The predicted octanol–water partition coefficient (Wildman–Crippen LogP) is 7.27. The average molecular weight is 474 g/mol. The van der Waals surface area contributed by atoms with E-state index in [0.29, 0.717) is 17.0 Å². The van der Waals surface area contributed by atoms with Crippen molar-refractivity contribution in [3.05, 3.63) is 69.3 Å². The van der Waals surface area contributed by atoms with E-state index in [1.807, 2.05) is 37.4 Å². The molecule has 1 aromatic heterocycles. The van der Waals surface area contributed by atoms with Crippen LogP contribution in [-0.2, 0) is 24.7 Å². The van der Waals surface area contributed by atoms with Crippen LogP contribution in [0.2, 0.25) is 10.0 Å². The lowest BCUT2D eigenvalue weighted by molar-refractivity contribution is -0.137. The number of Topliss-reactive ketones (excluding diaryl/α,β-unsaturated/α-hetero) is 1. The van der Waals surface area contributed by atoms with Crippen LogP contribution in [0.5, 0.6) is 0 Å². The maximum absolute atomic E-state index is 13.0. The second-order valence-electron chi connectivity index (χ2n) is 8.25. The van der Waals surface area contributed by atoms with E-state index in [1.165, 1.54) is 5.56 Å². The molecule has 1 N–H and O–H groups in total. The molecule has 170 valence electrons. The van der Waals surface area contributed by atoms with E-state index in [1.54, 1.807) is 0 Å². The summed E-state index contributed by atoms with van der Waals surface area (Å²) in [6, 6.07) is 13.6. The molecule has 0 spiro atoms. The summed E-state index contributed by atoms with van der Waals surface area (Å²) < 4.78 is 2.09. The monoisotopic (exact) mass is 473 g/mol. The number of hydrogen-bond donors (Lipinski definition) is 1. The van der Waals surface area contributed by atoms with Gasteiger partial charge in [0.2, 0.25) is 0 Å². The number of unbranched alkanes of at least 4 members (excludes halogenated alkanes) is 3. The molecule has 0 aliphatic heterocycles. The molecule has 0 aliphatic rings. The van der Waals surface area contributed by atoms with Crippen molar-refractivity contribution < 1.29 is 14.7 Å². The number of rotatable bonds is 12. The Bertz CT molecular complexity index is 1090. The Morgan fingerprint density at radius 2 is 1.50 bits per heavy atom. The highest BCUT2D eigenvalue weighted by molar-refractivity contribution is 6.31. The maximum atomic E-state index is 13.0. The molecular weight excluding hydrogens is 445 g/mol. The molecular formula is C26H29Cl2NO3. The summed E-state index contributed by atoms with van der Waals surface area (Å²) in [4.78, 5) is 23.9. The Morgan fingerprint density at radius 1 is 0.844 bits per heavy atom. The number of carboxylic acid groups (broad SMARTS) is 1. The molecule has 6 heteroatoms. The molecule has 3 aromatic rings. The summed E-state index contributed by atoms with van der Waals surface area (Å²) in [6.07, 6.45) is 6.74. The largest absolute Gasteiger partial charge is 0.481 e. The van der Waals surface area contributed by atoms with E-state index in [4.69, 9.17) is 28.3 Å². The number of carbonyl (C=O) groups is 2. The van der Waals surface area contributed by atoms with Crippen molar-refractivity contribution in [3.63, 3.8) is 0 Å². The molecule has 0 aliphatic carbocycles. The maximum Gasteiger partial charge on any atom is 0.303 e. The summed E-state index contributed by atoms with van der Waals surface area (Å²) in [5.74, 6) is -0.880. The fraction of sp³-hybridized carbons (Fsp3) is 0.385. The molecule has 0 radical (unpaired) electrons. The van der Waals surface area contributed by atoms with Gasteiger partial charge >= 0.3 is 5.97 Å². The van der Waals surface area contributed by atoms with Crippen LogP contribution in [0.3, 0.4) is 0 Å². The Hall–Kier alpha value is -2.30. The number of aryl methyl sites for hydroxylation is 2. The average Bonchev–Trinajstić information content (AvgIpc) is 3.02. The van der Waals surface area contributed by atoms with Gasteiger partial charge in [-0.05, 0) is 68.0 Å². The minimum Gasteiger partial charge on any atom is -0.481 e. The quantitative estimate of drug-likeness (QED) is 0.222. The number of hydrogen-bond acceptors (Lipinski definition) is 2. The first-order chi connectivity index (χ1) is 15.4. The summed E-state index contributed by atoms with van der Waals surface area (Å²) in [6.45, 7) is 0. The van der Waals surface area contributed by atoms with Gasteiger partial charge in [0.05, 0.1) is 0 Å². The highest BCUT2D eigenvalue weighted by Gasteiger charge is 2.21. The Kier molecular flexibility index (Phi) is 8.77. The van der Waals surface area contributed by atoms with Crippen LogP contribution < -0.4 is 0 Å². The highest BCUT2D eigenvalue weighted by atomic mass is 35.5. The van der Waals surface area contributed by atoms with Crippen LogP contribution in [0.1, 0.15) is 66.6 Å². The number of carbonyl (C=O) groups excluding carboxylic acids is 1. The number of carboxylic acids is 1. The van der Waals surface area contributed by atoms with E-state index < -0.39 is 5.97 Å². The van der Waals surface area contributed by atoms with Gasteiger partial charge in [-0.15, -0.1) is 0 Å². The van der Waals surface area contributed by atoms with E-state index in [0.717, 1.165) is 60.1 Å². The van der Waals surface area contributed by atoms with Crippen LogP contribution in [0.4, 0.5) is 0 Å². The van der Waals surface area contributed by atoms with Gasteiger partial charge in [0.15, 0.2) is 5.78 Å². The van der Waals surface area contributed by atoms with Crippen LogP contribution in [0.25, 0.3) is 10.9 Å². The molecule has 0 saturated heterocycles. The summed E-state index contributed by atoms with van der Waals surface area (Å²) in [5.41, 5.74) is 4.00. The molecule has 3 rings (SSSR count). The Balaban J connectivity index is 1.64. The molecule has 0 saturated carbocycles. The van der Waals surface area contributed by atoms with E-state index >= 15 is 0 Å². The summed E-state index contributed by atoms with van der Waals surface area (Å²) in [5, 5.41) is 11.1. The van der Waals surface area contributed by atoms with Crippen molar-refractivity contribution in [2.75, 3.05) is 0 Å². The number of fused-ring (bicyclic) bond motifs is 1. The van der Waals surface area contributed by atoms with Crippen LogP contribution in [0.15, 0.2) is 42.5 Å². The number of aromatic nitrogens is 1. The van der Waals surface area contributed by atoms with Gasteiger partial charge in [-0.1, -0.05) is 48.2 Å². The molecule has 2 aromatic carbocycles. The zero-order chi connectivity index (χ0) is 23.1. The molecule has 0 unspecified atom stereocenters. The molecule has 0 fully saturated rings. The zero-order valence-electron chi connectivity index (χ0n) is 18.4. The van der Waals surface area contributed by atoms with Crippen molar-refractivity contribution in [2.24, 2.45) is 7.05 Å². The lowest BCUT2D eigenvalue weighted by Crippen LogP contribution is -2.07. The van der Waals surface area contributed by atoms with Gasteiger partial charge in [0, 0.05) is 52.1 Å². The number of benzene rings is 2. The molecule has 0 bridgehead atoms. The third kappa shape index (κ3) is 6.36. The lowest BCUT2D eigenvalue weighted by Gasteiger charge is -2.08. The van der Waals surface area contributed by atoms with Crippen molar-refractivity contribution in [1.82, 2.24) is 4.57 Å². The number of nitrogens with zero attached hydrogens (tertiary/aromatic N) is 1. The number of ketones is 1. The topological polar surface area (TPSA) is 59.3 Å². The summed E-state index contributed by atoms with van der Waals surface area (Å²) in [7, 11) is 1.99. The SMILES string of the molecule is Cn1c(CCCCCCc2ccc(Cl)cc2)c(C(=O)CCCC(=O)O)c2cc(Cl)ccc21. The lowest BCUT2D eigenvalue weighted by atomic mass is 9.98. The van der Waals surface area contributed by atoms with Gasteiger partial charge in [0.1, 0.15) is 0 Å². The van der Waals surface area contributed by atoms with Gasteiger partial charge in [0.25, 0.3) is 0 Å². The fourth-order valence-corrected chi connectivity index (χ4v) is 4.52. The first kappa shape index (κ1) is 24.3. The normalized spacial score (nSPS) is 11.2. The van der Waals surface area contributed by atoms with E-state index in [-0.39, 0.29) is 18.6 Å². The molecule has 4 nitrogen and oxygen atoms in total. The van der Waals surface area contributed by atoms with Crippen molar-refractivity contribution in [1.29, 1.82) is 0 Å². The predicted molar refractivity (Wildman–Crippen MR) is 131 cm³/mol. The number of aliphatic carboxylic acids is 1. The van der Waals surface area contributed by atoms with Crippen molar-refractivity contribution >= 4 is 45.9 Å². The molecule has 32 heavy (non-hydrogen) atoms. The van der Waals surface area contributed by atoms with Crippen LogP contribution in [-0.4, -0.2) is 21.4 Å². The highest BCUT2D eigenvalue weighted by Crippen LogP contribution is 2.31. The second kappa shape index (κ2) is 11.5. The standard InChI is InChI=1S/C26H29Cl2NO3/c1-29-22-16-15-20(28)17-21(22)26(24(30)9-6-10-25(31)32)23(29)8-5-3-2-4-7-18-11-13-19(27)14-12-18/h11-17H,2-10H2,1H3,(H,31,32). The van der Waals surface area contributed by atoms with Gasteiger partial charge in [-0.3, -0.25) is 9.59 Å². The van der Waals surface area contributed by atoms with Crippen molar-refractivity contribution in [2.45, 2.75) is 57.8 Å². The number of halogens is 2. The van der Waals surface area contributed by atoms with Crippen molar-refractivity contribution in [3.8, 4) is 0 Å². The van der Waals surface area contributed by atoms with E-state index in [2.05, 4.69) is 16.7 Å². The first-order valence-corrected chi connectivity index (χ1v) is 11.9. The van der Waals surface area contributed by atoms with Crippen LogP contribution >= 0.6 is 23.2 Å². The fourth-order valence-electron chi connectivity index (χ4n) is 4.22. The third-order valence-electron chi connectivity index (χ3n) is 5.90. The minimum absolute atomic E-state index is 0.000213. The summed E-state index contributed by atoms with van der Waals surface area (Å²) >= 11 is 12.2. The Labute approximate surface area is 199 Å². The van der Waals surface area contributed by atoms with Gasteiger partial charge in [-0.2, -0.15) is 0 Å². The molecule has 0 amide bonds. The second-order valence-corrected chi connectivity index (χ2v) is 9.13. The molecule has 0 atom stereocenters. The molecule has 1 heterocycles. The third-order valence-corrected chi connectivity index (χ3v) is 6.39.